The summed E-state index contributed by atoms with van der Waals surface area (Å²) in [4.78, 5) is 27.7. The molecule has 1 aliphatic carbocycles. The molecule has 1 fully saturated rings. The monoisotopic (exact) mass is 357 g/mol. The van der Waals surface area contributed by atoms with Gasteiger partial charge in [0, 0.05) is 19.6 Å². The van der Waals surface area contributed by atoms with Crippen LogP contribution in [0.3, 0.4) is 0 Å². The lowest BCUT2D eigenvalue weighted by molar-refractivity contribution is 0.0758. The molecule has 2 aliphatic rings. The number of aryl methyl sites for hydroxylation is 1. The minimum Gasteiger partial charge on any atom is -0.368 e. The molecule has 2 unspecified atom stereocenters. The molecule has 25 heavy (non-hydrogen) atoms. The summed E-state index contributed by atoms with van der Waals surface area (Å²) >= 11 is 1.48. The van der Waals surface area contributed by atoms with E-state index in [1.807, 2.05) is 25.9 Å². The van der Waals surface area contributed by atoms with Crippen molar-refractivity contribution in [2.75, 3.05) is 39.0 Å². The van der Waals surface area contributed by atoms with Crippen molar-refractivity contribution in [3.05, 3.63) is 28.9 Å². The Morgan fingerprint density at radius 3 is 2.92 bits per heavy atom. The van der Waals surface area contributed by atoms with Crippen molar-refractivity contribution in [3.63, 3.8) is 0 Å². The quantitative estimate of drug-likeness (QED) is 0.833. The minimum atomic E-state index is 0.136. The SMILES string of the molecule is Cc1c(C(=O)N2CC3C=CC2C3)sc2ncnc(NCCN(C)C)c12. The van der Waals surface area contributed by atoms with E-state index in [-0.39, 0.29) is 11.9 Å². The van der Waals surface area contributed by atoms with Gasteiger partial charge >= 0.3 is 0 Å². The predicted molar refractivity (Wildman–Crippen MR) is 101 cm³/mol. The van der Waals surface area contributed by atoms with Gasteiger partial charge in [-0.2, -0.15) is 0 Å². The molecule has 0 saturated carbocycles. The Bertz CT molecular complexity index is 843. The van der Waals surface area contributed by atoms with Crippen LogP contribution >= 0.6 is 11.3 Å². The fourth-order valence-electron chi connectivity index (χ4n) is 3.68. The van der Waals surface area contributed by atoms with Crippen molar-refractivity contribution >= 4 is 33.3 Å². The molecule has 7 heteroatoms. The number of nitrogens with one attached hydrogen (secondary N) is 1. The number of likely N-dealkylation sites (N-methyl/N-ethyl adjacent to an activating group) is 1. The van der Waals surface area contributed by atoms with Gasteiger partial charge in [-0.3, -0.25) is 4.79 Å². The second kappa shape index (κ2) is 6.38. The number of fused-ring (bicyclic) bond motifs is 3. The van der Waals surface area contributed by atoms with Gasteiger partial charge in [-0.1, -0.05) is 12.2 Å². The van der Waals surface area contributed by atoms with Gasteiger partial charge in [0.1, 0.15) is 17.0 Å². The molecule has 132 valence electrons. The van der Waals surface area contributed by atoms with Crippen LogP contribution in [0.4, 0.5) is 5.82 Å². The third kappa shape index (κ3) is 2.91. The summed E-state index contributed by atoms with van der Waals surface area (Å²) in [5.74, 6) is 1.49. The Balaban J connectivity index is 1.63. The van der Waals surface area contributed by atoms with E-state index in [1.165, 1.54) is 11.3 Å². The largest absolute Gasteiger partial charge is 0.368 e. The zero-order chi connectivity index (χ0) is 17.6. The summed E-state index contributed by atoms with van der Waals surface area (Å²) in [5.41, 5.74) is 0.990. The number of hydrogen-bond acceptors (Lipinski definition) is 6. The van der Waals surface area contributed by atoms with Crippen LogP contribution in [0.15, 0.2) is 18.5 Å². The number of aromatic nitrogens is 2. The summed E-state index contributed by atoms with van der Waals surface area (Å²) in [7, 11) is 4.09. The Morgan fingerprint density at radius 1 is 1.40 bits per heavy atom. The van der Waals surface area contributed by atoms with E-state index in [1.54, 1.807) is 6.33 Å². The lowest BCUT2D eigenvalue weighted by atomic mass is 10.1. The maximum atomic E-state index is 13.1. The molecule has 0 radical (unpaired) electrons. The first-order valence-electron chi connectivity index (χ1n) is 8.66. The number of likely N-dealkylation sites (tertiary alicyclic amines) is 1. The van der Waals surface area contributed by atoms with Crippen LogP contribution in [-0.4, -0.2) is 65.4 Å². The van der Waals surface area contributed by atoms with E-state index in [0.717, 1.165) is 52.5 Å². The number of anilines is 1. The minimum absolute atomic E-state index is 0.136. The highest BCUT2D eigenvalue weighted by atomic mass is 32.1. The Labute approximate surface area is 151 Å². The number of amides is 1. The van der Waals surface area contributed by atoms with Crippen LogP contribution in [0, 0.1) is 12.8 Å². The first-order valence-corrected chi connectivity index (χ1v) is 9.48. The Morgan fingerprint density at radius 2 is 2.24 bits per heavy atom. The van der Waals surface area contributed by atoms with Gasteiger partial charge in [0.05, 0.1) is 16.3 Å². The predicted octanol–water partition coefficient (Wildman–Crippen LogP) is 2.37. The second-order valence-corrected chi connectivity index (χ2v) is 8.09. The van der Waals surface area contributed by atoms with Gasteiger partial charge in [0.2, 0.25) is 0 Å². The molecule has 2 atom stereocenters. The third-order valence-electron chi connectivity index (χ3n) is 5.01. The van der Waals surface area contributed by atoms with E-state index in [9.17, 15) is 4.79 Å². The number of nitrogens with zero attached hydrogens (tertiary/aromatic N) is 4. The van der Waals surface area contributed by atoms with E-state index in [4.69, 9.17) is 0 Å². The van der Waals surface area contributed by atoms with Crippen molar-refractivity contribution in [1.82, 2.24) is 19.8 Å². The molecule has 0 aromatic carbocycles. The van der Waals surface area contributed by atoms with E-state index < -0.39 is 0 Å². The fourth-order valence-corrected chi connectivity index (χ4v) is 4.78. The van der Waals surface area contributed by atoms with Crippen LogP contribution in [-0.2, 0) is 0 Å². The molecular formula is C18H23N5OS. The summed E-state index contributed by atoms with van der Waals surface area (Å²) in [6.07, 6.45) is 7.06. The molecule has 6 nitrogen and oxygen atoms in total. The van der Waals surface area contributed by atoms with Gasteiger partial charge in [-0.05, 0) is 38.9 Å². The van der Waals surface area contributed by atoms with Crippen LogP contribution in [0.1, 0.15) is 21.7 Å². The lowest BCUT2D eigenvalue weighted by Crippen LogP contribution is -2.35. The average Bonchev–Trinajstić information content (AvgIpc) is 3.29. The van der Waals surface area contributed by atoms with E-state index in [0.29, 0.717) is 5.92 Å². The highest BCUT2D eigenvalue weighted by Crippen LogP contribution is 2.37. The molecule has 4 rings (SSSR count). The molecule has 1 aliphatic heterocycles. The average molecular weight is 357 g/mol. The molecule has 2 aromatic heterocycles. The van der Waals surface area contributed by atoms with Gasteiger partial charge in [0.25, 0.3) is 5.91 Å². The second-order valence-electron chi connectivity index (χ2n) is 7.09. The molecule has 2 aromatic rings. The smallest absolute Gasteiger partial charge is 0.264 e. The van der Waals surface area contributed by atoms with Crippen molar-refractivity contribution < 1.29 is 4.79 Å². The highest BCUT2D eigenvalue weighted by Gasteiger charge is 2.38. The number of rotatable bonds is 5. The first kappa shape index (κ1) is 16.5. The number of thiophene rings is 1. The zero-order valence-electron chi connectivity index (χ0n) is 14.8. The maximum Gasteiger partial charge on any atom is 0.264 e. The summed E-state index contributed by atoms with van der Waals surface area (Å²) in [5, 5.41) is 4.37. The molecule has 1 amide bonds. The standard InChI is InChI=1S/C18H23N5OS/c1-11-14-16(19-6-7-22(2)3)20-10-21-17(14)25-15(11)18(24)23-9-12-4-5-13(23)8-12/h4-5,10,12-13H,6-9H2,1-3H3,(H,19,20,21). The highest BCUT2D eigenvalue weighted by molar-refractivity contribution is 7.20. The molecule has 3 heterocycles. The van der Waals surface area contributed by atoms with Crippen LogP contribution in [0.5, 0.6) is 0 Å². The van der Waals surface area contributed by atoms with Crippen molar-refractivity contribution in [2.24, 2.45) is 5.92 Å². The first-order chi connectivity index (χ1) is 12.0. The topological polar surface area (TPSA) is 61.4 Å². The van der Waals surface area contributed by atoms with Crippen molar-refractivity contribution in [3.8, 4) is 0 Å². The zero-order valence-corrected chi connectivity index (χ0v) is 15.6. The number of carbonyl (C=O) groups is 1. The molecular weight excluding hydrogens is 334 g/mol. The molecule has 1 saturated heterocycles. The van der Waals surface area contributed by atoms with Crippen LogP contribution < -0.4 is 5.32 Å². The van der Waals surface area contributed by atoms with Crippen LogP contribution in [0.25, 0.3) is 10.2 Å². The van der Waals surface area contributed by atoms with Crippen molar-refractivity contribution in [2.45, 2.75) is 19.4 Å². The van der Waals surface area contributed by atoms with E-state index >= 15 is 0 Å². The van der Waals surface area contributed by atoms with Gasteiger partial charge in [0.15, 0.2) is 0 Å². The summed E-state index contributed by atoms with van der Waals surface area (Å²) < 4.78 is 0. The van der Waals surface area contributed by atoms with Gasteiger partial charge in [-0.15, -0.1) is 11.3 Å². The summed E-state index contributed by atoms with van der Waals surface area (Å²) in [6, 6.07) is 0.269. The lowest BCUT2D eigenvalue weighted by Gasteiger charge is -2.23. The third-order valence-corrected chi connectivity index (χ3v) is 6.20. The normalized spacial score (nSPS) is 21.7. The van der Waals surface area contributed by atoms with Gasteiger partial charge < -0.3 is 15.1 Å². The number of hydrogen-bond donors (Lipinski definition) is 1. The maximum absolute atomic E-state index is 13.1. The molecule has 0 spiro atoms. The van der Waals surface area contributed by atoms with Crippen molar-refractivity contribution in [1.29, 1.82) is 0 Å². The molecule has 1 N–H and O–H groups in total. The van der Waals surface area contributed by atoms with Gasteiger partial charge in [-0.25, -0.2) is 9.97 Å². The molecule has 2 bridgehead atoms. The fraction of sp³-hybridized carbons (Fsp3) is 0.500. The van der Waals surface area contributed by atoms with Crippen LogP contribution in [0.2, 0.25) is 0 Å². The van der Waals surface area contributed by atoms with E-state index in [2.05, 4.69) is 32.3 Å². The Hall–Kier alpha value is -1.99. The summed E-state index contributed by atoms with van der Waals surface area (Å²) in [6.45, 7) is 4.58. The number of carbonyl (C=O) groups excluding carboxylic acids is 1. The Kier molecular flexibility index (Phi) is 4.21.